The average molecular weight is 464 g/mol. The van der Waals surface area contributed by atoms with Crippen LogP contribution in [0.2, 0.25) is 5.02 Å². The molecule has 0 spiro atoms. The van der Waals surface area contributed by atoms with Crippen LogP contribution in [0.15, 0.2) is 55.0 Å². The first-order valence-corrected chi connectivity index (χ1v) is 10.8. The molecule has 1 N–H and O–H groups in total. The van der Waals surface area contributed by atoms with E-state index >= 15 is 0 Å². The molecule has 2 heterocycles. The van der Waals surface area contributed by atoms with Gasteiger partial charge in [-0.15, -0.1) is 5.10 Å². The zero-order valence-electron chi connectivity index (χ0n) is 18.4. The Labute approximate surface area is 195 Å². The van der Waals surface area contributed by atoms with Gasteiger partial charge in [-0.1, -0.05) is 30.7 Å². The van der Waals surface area contributed by atoms with E-state index < -0.39 is 6.09 Å². The Morgan fingerprint density at radius 1 is 1.21 bits per heavy atom. The second-order valence-electron chi connectivity index (χ2n) is 7.45. The number of hydrogen-bond donors (Lipinski definition) is 1. The fourth-order valence-electron chi connectivity index (χ4n) is 3.32. The highest BCUT2D eigenvalue weighted by Crippen LogP contribution is 2.33. The maximum Gasteiger partial charge on any atom is 0.413 e. The summed E-state index contributed by atoms with van der Waals surface area (Å²) in [5, 5.41) is 15.3. The number of halogens is 1. The van der Waals surface area contributed by atoms with Crippen LogP contribution in [0, 0.1) is 6.92 Å². The van der Waals surface area contributed by atoms with Crippen LogP contribution in [0.25, 0.3) is 16.8 Å². The summed E-state index contributed by atoms with van der Waals surface area (Å²) in [4.78, 5) is 20.8. The number of aromatic nitrogens is 6. The number of carbonyl (C=O) groups is 1. The Morgan fingerprint density at radius 2 is 2.06 bits per heavy atom. The van der Waals surface area contributed by atoms with Gasteiger partial charge in [0.25, 0.3) is 0 Å². The van der Waals surface area contributed by atoms with E-state index in [1.54, 1.807) is 42.3 Å². The van der Waals surface area contributed by atoms with Gasteiger partial charge in [0.1, 0.15) is 5.75 Å². The third kappa shape index (κ3) is 5.15. The molecule has 0 aliphatic rings. The normalized spacial score (nSPS) is 11.8. The Hall–Kier alpha value is -3.85. The van der Waals surface area contributed by atoms with E-state index in [9.17, 15) is 4.79 Å². The summed E-state index contributed by atoms with van der Waals surface area (Å²) in [6, 6.07) is 10.8. The molecule has 0 bridgehead atoms. The highest BCUT2D eigenvalue weighted by atomic mass is 35.5. The smallest absolute Gasteiger partial charge is 0.410 e. The fraction of sp³-hybridized carbons (Fsp3) is 0.217. The Bertz CT molecular complexity index is 1280. The summed E-state index contributed by atoms with van der Waals surface area (Å²) in [6.07, 6.45) is 4.74. The zero-order valence-corrected chi connectivity index (χ0v) is 19.1. The van der Waals surface area contributed by atoms with Gasteiger partial charge in [-0.05, 0) is 53.6 Å². The highest BCUT2D eigenvalue weighted by Gasteiger charge is 2.16. The van der Waals surface area contributed by atoms with E-state index in [0.29, 0.717) is 34.4 Å². The van der Waals surface area contributed by atoms with Crippen molar-refractivity contribution in [3.05, 3.63) is 77.1 Å². The molecule has 9 nitrogen and oxygen atoms in total. The molecule has 2 aromatic heterocycles. The number of ether oxygens (including phenoxy) is 1. The van der Waals surface area contributed by atoms with Crippen molar-refractivity contribution in [2.24, 2.45) is 0 Å². The van der Waals surface area contributed by atoms with Crippen LogP contribution in [0.5, 0.6) is 5.75 Å². The number of tetrazole rings is 1. The first-order chi connectivity index (χ1) is 15.9. The minimum absolute atomic E-state index is 0.320. The second-order valence-corrected chi connectivity index (χ2v) is 7.85. The molecular formula is C23H22ClN7O2. The number of nitrogens with zero attached hydrogens (tertiary/aromatic N) is 6. The van der Waals surface area contributed by atoms with E-state index in [-0.39, 0.29) is 6.04 Å². The van der Waals surface area contributed by atoms with Crippen LogP contribution in [0.3, 0.4) is 0 Å². The van der Waals surface area contributed by atoms with Gasteiger partial charge in [-0.3, -0.25) is 9.97 Å². The van der Waals surface area contributed by atoms with Crippen molar-refractivity contribution in [1.29, 1.82) is 0 Å². The molecule has 4 aromatic rings. The zero-order chi connectivity index (χ0) is 23.4. The van der Waals surface area contributed by atoms with Gasteiger partial charge >= 0.3 is 6.09 Å². The predicted octanol–water partition coefficient (Wildman–Crippen LogP) is 4.49. The summed E-state index contributed by atoms with van der Waals surface area (Å²) in [7, 11) is 0. The quantitative estimate of drug-likeness (QED) is 0.448. The molecule has 168 valence electrons. The molecule has 0 aliphatic heterocycles. The molecule has 0 fully saturated rings. The minimum Gasteiger partial charge on any atom is -0.410 e. The van der Waals surface area contributed by atoms with Crippen LogP contribution >= 0.6 is 11.6 Å². The number of amides is 1. The molecule has 1 unspecified atom stereocenters. The van der Waals surface area contributed by atoms with Gasteiger partial charge in [-0.2, -0.15) is 4.68 Å². The van der Waals surface area contributed by atoms with Gasteiger partial charge in [0.05, 0.1) is 23.6 Å². The van der Waals surface area contributed by atoms with Crippen molar-refractivity contribution in [3.8, 4) is 22.6 Å². The van der Waals surface area contributed by atoms with Crippen molar-refractivity contribution >= 4 is 17.7 Å². The lowest BCUT2D eigenvalue weighted by molar-refractivity contribution is 0.196. The first-order valence-electron chi connectivity index (χ1n) is 10.4. The van der Waals surface area contributed by atoms with E-state index in [1.807, 2.05) is 38.1 Å². The lowest BCUT2D eigenvalue weighted by atomic mass is 10.0. The third-order valence-corrected chi connectivity index (χ3v) is 5.31. The van der Waals surface area contributed by atoms with Crippen LogP contribution < -0.4 is 10.1 Å². The van der Waals surface area contributed by atoms with Crippen molar-refractivity contribution < 1.29 is 9.53 Å². The SMILES string of the molecule is CCc1nnnn1-c1cc(OC(=O)NC(C)c2cnccn2)cc(-c2ccc(C)cc2Cl)c1. The predicted molar refractivity (Wildman–Crippen MR) is 123 cm³/mol. The summed E-state index contributed by atoms with van der Waals surface area (Å²) in [6.45, 7) is 5.73. The van der Waals surface area contributed by atoms with Crippen molar-refractivity contribution in [1.82, 2.24) is 35.5 Å². The van der Waals surface area contributed by atoms with Crippen LogP contribution in [0.1, 0.15) is 37.0 Å². The molecule has 10 heteroatoms. The average Bonchev–Trinajstić information content (AvgIpc) is 3.28. The molecule has 0 radical (unpaired) electrons. The Morgan fingerprint density at radius 3 is 2.79 bits per heavy atom. The number of nitrogens with one attached hydrogen (secondary N) is 1. The van der Waals surface area contributed by atoms with Crippen molar-refractivity contribution in [3.63, 3.8) is 0 Å². The number of hydrogen-bond acceptors (Lipinski definition) is 7. The molecule has 2 aromatic carbocycles. The van der Waals surface area contributed by atoms with Crippen LogP contribution in [-0.4, -0.2) is 36.3 Å². The summed E-state index contributed by atoms with van der Waals surface area (Å²) >= 11 is 6.51. The maximum atomic E-state index is 12.6. The highest BCUT2D eigenvalue weighted by molar-refractivity contribution is 6.33. The van der Waals surface area contributed by atoms with Gasteiger partial charge in [-0.25, -0.2) is 4.79 Å². The summed E-state index contributed by atoms with van der Waals surface area (Å²) in [5.41, 5.74) is 3.88. The van der Waals surface area contributed by atoms with Crippen molar-refractivity contribution in [2.75, 3.05) is 0 Å². The molecule has 33 heavy (non-hydrogen) atoms. The topological polar surface area (TPSA) is 108 Å². The van der Waals surface area contributed by atoms with E-state index in [2.05, 4.69) is 30.8 Å². The van der Waals surface area contributed by atoms with E-state index in [4.69, 9.17) is 16.3 Å². The van der Waals surface area contributed by atoms with Gasteiger partial charge in [0.15, 0.2) is 5.82 Å². The number of benzene rings is 2. The lowest BCUT2D eigenvalue weighted by Crippen LogP contribution is -2.30. The lowest BCUT2D eigenvalue weighted by Gasteiger charge is -2.15. The number of carbonyl (C=O) groups excluding carboxylic acids is 1. The molecule has 0 aliphatic carbocycles. The largest absolute Gasteiger partial charge is 0.413 e. The van der Waals surface area contributed by atoms with E-state index in [0.717, 1.165) is 16.7 Å². The summed E-state index contributed by atoms with van der Waals surface area (Å²) in [5.74, 6) is 0.995. The van der Waals surface area contributed by atoms with Gasteiger partial charge < -0.3 is 10.1 Å². The van der Waals surface area contributed by atoms with Gasteiger partial charge in [0, 0.05) is 35.5 Å². The molecule has 1 atom stereocenters. The Balaban J connectivity index is 1.68. The van der Waals surface area contributed by atoms with Crippen LogP contribution in [-0.2, 0) is 6.42 Å². The minimum atomic E-state index is -0.626. The first kappa shape index (κ1) is 22.3. The molecule has 1 amide bonds. The fourth-order valence-corrected chi connectivity index (χ4v) is 3.67. The third-order valence-electron chi connectivity index (χ3n) is 4.99. The Kier molecular flexibility index (Phi) is 6.60. The van der Waals surface area contributed by atoms with Crippen LogP contribution in [0.4, 0.5) is 4.79 Å². The molecule has 0 saturated carbocycles. The molecule has 0 saturated heterocycles. The standard InChI is InChI=1S/C23H22ClN7O2/c1-4-22-28-29-30-31(22)17-10-16(19-6-5-14(2)9-20(19)24)11-18(12-17)33-23(32)27-15(3)21-13-25-7-8-26-21/h5-13,15H,4H2,1-3H3,(H,27,32). The summed E-state index contributed by atoms with van der Waals surface area (Å²) < 4.78 is 7.23. The monoisotopic (exact) mass is 463 g/mol. The molecule has 4 rings (SSSR count). The van der Waals surface area contributed by atoms with E-state index in [1.165, 1.54) is 0 Å². The number of aryl methyl sites for hydroxylation is 2. The molecular weight excluding hydrogens is 442 g/mol. The number of rotatable bonds is 6. The van der Waals surface area contributed by atoms with Crippen molar-refractivity contribution in [2.45, 2.75) is 33.2 Å². The maximum absolute atomic E-state index is 12.6. The van der Waals surface area contributed by atoms with Gasteiger partial charge in [0.2, 0.25) is 0 Å². The second kappa shape index (κ2) is 9.74.